The monoisotopic (exact) mass is 249 g/mol. The molecule has 0 aliphatic heterocycles. The summed E-state index contributed by atoms with van der Waals surface area (Å²) in [4.78, 5) is 22.3. The van der Waals surface area contributed by atoms with Gasteiger partial charge in [-0.15, -0.1) is 0 Å². The van der Waals surface area contributed by atoms with E-state index in [1.54, 1.807) is 0 Å². The number of primary amides is 1. The molecule has 18 heavy (non-hydrogen) atoms. The molecule has 5 N–H and O–H groups in total. The van der Waals surface area contributed by atoms with Crippen molar-refractivity contribution in [1.82, 2.24) is 5.32 Å². The molecule has 0 radical (unpaired) electrons. The van der Waals surface area contributed by atoms with E-state index >= 15 is 0 Å². The van der Waals surface area contributed by atoms with E-state index in [9.17, 15) is 9.59 Å². The van der Waals surface area contributed by atoms with Crippen LogP contribution in [-0.4, -0.2) is 17.9 Å². The van der Waals surface area contributed by atoms with Crippen molar-refractivity contribution in [3.05, 3.63) is 35.4 Å². The van der Waals surface area contributed by atoms with Gasteiger partial charge in [0, 0.05) is 6.54 Å². The Bertz CT molecular complexity index is 432. The summed E-state index contributed by atoms with van der Waals surface area (Å²) in [5.41, 5.74) is 12.8. The second-order valence-corrected chi connectivity index (χ2v) is 4.12. The van der Waals surface area contributed by atoms with Crippen molar-refractivity contribution in [2.75, 3.05) is 0 Å². The standard InChI is InChI=1S/C13H19N3O2/c1-2-9-5-3-4-6-10(9)8-16-13(18)11(14)7-12(15)17/h3-6,11H,2,7-8,14H2,1H3,(H2,15,17)(H,16,18). The Morgan fingerprint density at radius 2 is 1.89 bits per heavy atom. The molecular formula is C13H19N3O2. The summed E-state index contributed by atoms with van der Waals surface area (Å²) in [6, 6.07) is 6.98. The molecule has 0 aromatic heterocycles. The number of amides is 2. The fourth-order valence-corrected chi connectivity index (χ4v) is 1.70. The van der Waals surface area contributed by atoms with Crippen molar-refractivity contribution in [3.63, 3.8) is 0 Å². The molecule has 0 fully saturated rings. The predicted octanol–water partition coefficient (Wildman–Crippen LogP) is 0.0679. The average Bonchev–Trinajstić information content (AvgIpc) is 2.35. The van der Waals surface area contributed by atoms with E-state index in [-0.39, 0.29) is 12.3 Å². The third kappa shape index (κ3) is 4.18. The van der Waals surface area contributed by atoms with E-state index in [1.807, 2.05) is 24.3 Å². The van der Waals surface area contributed by atoms with Crippen LogP contribution in [0.4, 0.5) is 0 Å². The Labute approximate surface area is 107 Å². The van der Waals surface area contributed by atoms with Crippen LogP contribution in [0.3, 0.4) is 0 Å². The number of nitrogens with two attached hydrogens (primary N) is 2. The van der Waals surface area contributed by atoms with Gasteiger partial charge in [0.2, 0.25) is 11.8 Å². The van der Waals surface area contributed by atoms with Gasteiger partial charge in [0.15, 0.2) is 0 Å². The first kappa shape index (κ1) is 14.2. The molecule has 5 nitrogen and oxygen atoms in total. The van der Waals surface area contributed by atoms with Crippen molar-refractivity contribution >= 4 is 11.8 Å². The van der Waals surface area contributed by atoms with Gasteiger partial charge in [-0.05, 0) is 17.5 Å². The Morgan fingerprint density at radius 1 is 1.28 bits per heavy atom. The molecular weight excluding hydrogens is 230 g/mol. The second-order valence-electron chi connectivity index (χ2n) is 4.12. The molecule has 1 unspecified atom stereocenters. The number of hydrogen-bond donors (Lipinski definition) is 3. The van der Waals surface area contributed by atoms with Crippen LogP contribution in [0.2, 0.25) is 0 Å². The molecule has 5 heteroatoms. The Kier molecular flexibility index (Phi) is 5.32. The molecule has 1 aromatic rings. The number of benzene rings is 1. The lowest BCUT2D eigenvalue weighted by Crippen LogP contribution is -2.42. The fraction of sp³-hybridized carbons (Fsp3) is 0.385. The lowest BCUT2D eigenvalue weighted by atomic mass is 10.1. The zero-order chi connectivity index (χ0) is 13.5. The van der Waals surface area contributed by atoms with E-state index in [4.69, 9.17) is 11.5 Å². The molecule has 0 bridgehead atoms. The molecule has 2 amide bonds. The maximum atomic E-state index is 11.6. The van der Waals surface area contributed by atoms with Crippen LogP contribution in [0.5, 0.6) is 0 Å². The number of carbonyl (C=O) groups is 2. The highest BCUT2D eigenvalue weighted by Crippen LogP contribution is 2.08. The minimum Gasteiger partial charge on any atom is -0.370 e. The summed E-state index contributed by atoms with van der Waals surface area (Å²) in [5, 5.41) is 2.71. The summed E-state index contributed by atoms with van der Waals surface area (Å²) in [7, 11) is 0. The average molecular weight is 249 g/mol. The highest BCUT2D eigenvalue weighted by molar-refractivity contribution is 5.87. The number of nitrogens with one attached hydrogen (secondary N) is 1. The Morgan fingerprint density at radius 3 is 2.44 bits per heavy atom. The summed E-state index contributed by atoms with van der Waals surface area (Å²) < 4.78 is 0. The summed E-state index contributed by atoms with van der Waals surface area (Å²) in [5.74, 6) is -0.939. The molecule has 0 saturated heterocycles. The van der Waals surface area contributed by atoms with Gasteiger partial charge in [-0.1, -0.05) is 31.2 Å². The van der Waals surface area contributed by atoms with Gasteiger partial charge in [0.25, 0.3) is 0 Å². The van der Waals surface area contributed by atoms with Crippen LogP contribution in [0.15, 0.2) is 24.3 Å². The van der Waals surface area contributed by atoms with Crippen LogP contribution >= 0.6 is 0 Å². The van der Waals surface area contributed by atoms with Crippen LogP contribution in [0, 0.1) is 0 Å². The highest BCUT2D eigenvalue weighted by Gasteiger charge is 2.15. The lowest BCUT2D eigenvalue weighted by molar-refractivity contribution is -0.126. The summed E-state index contributed by atoms with van der Waals surface area (Å²) >= 11 is 0. The Hall–Kier alpha value is -1.88. The van der Waals surface area contributed by atoms with Crippen molar-refractivity contribution in [2.24, 2.45) is 11.5 Å². The van der Waals surface area contributed by atoms with E-state index in [1.165, 1.54) is 5.56 Å². The second kappa shape index (κ2) is 6.76. The molecule has 98 valence electrons. The quantitative estimate of drug-likeness (QED) is 0.665. The number of rotatable bonds is 6. The van der Waals surface area contributed by atoms with Crippen LogP contribution < -0.4 is 16.8 Å². The first-order chi connectivity index (χ1) is 8.54. The largest absolute Gasteiger partial charge is 0.370 e. The van der Waals surface area contributed by atoms with Gasteiger partial charge in [-0.3, -0.25) is 9.59 Å². The van der Waals surface area contributed by atoms with Gasteiger partial charge in [-0.2, -0.15) is 0 Å². The Balaban J connectivity index is 2.54. The fourth-order valence-electron chi connectivity index (χ4n) is 1.70. The third-order valence-electron chi connectivity index (χ3n) is 2.71. The first-order valence-corrected chi connectivity index (χ1v) is 5.93. The first-order valence-electron chi connectivity index (χ1n) is 5.93. The van der Waals surface area contributed by atoms with Gasteiger partial charge < -0.3 is 16.8 Å². The van der Waals surface area contributed by atoms with Crippen LogP contribution in [0.25, 0.3) is 0 Å². The predicted molar refractivity (Wildman–Crippen MR) is 69.5 cm³/mol. The minimum atomic E-state index is -0.878. The van der Waals surface area contributed by atoms with Crippen molar-refractivity contribution in [1.29, 1.82) is 0 Å². The normalized spacial score (nSPS) is 11.9. The number of aryl methyl sites for hydroxylation is 1. The molecule has 1 atom stereocenters. The van der Waals surface area contributed by atoms with E-state index in [0.29, 0.717) is 6.54 Å². The summed E-state index contributed by atoms with van der Waals surface area (Å²) in [6.07, 6.45) is 0.765. The van der Waals surface area contributed by atoms with Gasteiger partial charge in [0.1, 0.15) is 0 Å². The third-order valence-corrected chi connectivity index (χ3v) is 2.71. The lowest BCUT2D eigenvalue weighted by Gasteiger charge is -2.12. The van der Waals surface area contributed by atoms with Crippen LogP contribution in [0.1, 0.15) is 24.5 Å². The molecule has 0 heterocycles. The number of carbonyl (C=O) groups excluding carboxylic acids is 2. The molecule has 0 spiro atoms. The van der Waals surface area contributed by atoms with E-state index in [0.717, 1.165) is 12.0 Å². The number of hydrogen-bond acceptors (Lipinski definition) is 3. The molecule has 0 aliphatic carbocycles. The van der Waals surface area contributed by atoms with Crippen molar-refractivity contribution in [3.8, 4) is 0 Å². The smallest absolute Gasteiger partial charge is 0.237 e. The maximum absolute atomic E-state index is 11.6. The van der Waals surface area contributed by atoms with E-state index in [2.05, 4.69) is 12.2 Å². The molecule has 1 aromatic carbocycles. The minimum absolute atomic E-state index is 0.138. The maximum Gasteiger partial charge on any atom is 0.237 e. The highest BCUT2D eigenvalue weighted by atomic mass is 16.2. The zero-order valence-corrected chi connectivity index (χ0v) is 10.5. The topological polar surface area (TPSA) is 98.2 Å². The molecule has 0 aliphatic rings. The van der Waals surface area contributed by atoms with Gasteiger partial charge in [0.05, 0.1) is 12.5 Å². The van der Waals surface area contributed by atoms with Crippen molar-refractivity contribution < 1.29 is 9.59 Å². The van der Waals surface area contributed by atoms with Crippen LogP contribution in [-0.2, 0) is 22.6 Å². The van der Waals surface area contributed by atoms with E-state index < -0.39 is 11.9 Å². The van der Waals surface area contributed by atoms with Crippen molar-refractivity contribution in [2.45, 2.75) is 32.4 Å². The SMILES string of the molecule is CCc1ccccc1CNC(=O)C(N)CC(N)=O. The van der Waals surface area contributed by atoms with Gasteiger partial charge in [-0.25, -0.2) is 0 Å². The molecule has 1 rings (SSSR count). The van der Waals surface area contributed by atoms with Gasteiger partial charge >= 0.3 is 0 Å². The summed E-state index contributed by atoms with van der Waals surface area (Å²) in [6.45, 7) is 2.47. The zero-order valence-electron chi connectivity index (χ0n) is 10.5. The molecule has 0 saturated carbocycles.